The summed E-state index contributed by atoms with van der Waals surface area (Å²) >= 11 is 1.89. The number of carbonyl (C=O) groups excluding carboxylic acids is 1. The molecular weight excluding hydrogens is 268 g/mol. The molecule has 0 aromatic heterocycles. The molecule has 2 aliphatic rings. The van der Waals surface area contributed by atoms with Gasteiger partial charge in [0.1, 0.15) is 0 Å². The van der Waals surface area contributed by atoms with E-state index in [1.165, 1.54) is 10.5 Å². The minimum absolute atomic E-state index is 0.127. The molecule has 1 heterocycles. The number of nitrogens with two attached hydrogens (primary N) is 1. The first-order chi connectivity index (χ1) is 9.79. The molecule has 4 heteroatoms. The maximum atomic E-state index is 12.5. The van der Waals surface area contributed by atoms with Gasteiger partial charge in [-0.15, -0.1) is 11.8 Å². The molecule has 0 saturated heterocycles. The van der Waals surface area contributed by atoms with Gasteiger partial charge in [0, 0.05) is 16.6 Å². The van der Waals surface area contributed by atoms with Gasteiger partial charge in [-0.3, -0.25) is 4.79 Å². The number of hydrogen-bond donors (Lipinski definition) is 2. The van der Waals surface area contributed by atoms with Gasteiger partial charge in [-0.25, -0.2) is 0 Å². The number of carbonyl (C=O) groups is 1. The number of fused-ring (bicyclic) bond motifs is 1. The zero-order chi connectivity index (χ0) is 13.9. The Morgan fingerprint density at radius 3 is 3.00 bits per heavy atom. The summed E-state index contributed by atoms with van der Waals surface area (Å²) in [5.41, 5.74) is 7.07. The molecule has 3 N–H and O–H groups in total. The summed E-state index contributed by atoms with van der Waals surface area (Å²) in [6.07, 6.45) is 4.26. The summed E-state index contributed by atoms with van der Waals surface area (Å²) < 4.78 is 0. The average Bonchev–Trinajstić information content (AvgIpc) is 2.96. The molecule has 1 aromatic carbocycles. The quantitative estimate of drug-likeness (QED) is 0.900. The van der Waals surface area contributed by atoms with E-state index in [2.05, 4.69) is 29.6 Å². The van der Waals surface area contributed by atoms with Crippen molar-refractivity contribution in [3.63, 3.8) is 0 Å². The van der Waals surface area contributed by atoms with E-state index in [-0.39, 0.29) is 17.9 Å². The van der Waals surface area contributed by atoms with Crippen LogP contribution in [0.25, 0.3) is 0 Å². The Balaban J connectivity index is 1.71. The first-order valence-corrected chi connectivity index (χ1v) is 8.50. The van der Waals surface area contributed by atoms with Crippen molar-refractivity contribution in [1.29, 1.82) is 0 Å². The van der Waals surface area contributed by atoms with Crippen LogP contribution in [0.15, 0.2) is 29.2 Å². The van der Waals surface area contributed by atoms with Crippen molar-refractivity contribution in [2.24, 2.45) is 17.6 Å². The fourth-order valence-corrected chi connectivity index (χ4v) is 4.56. The van der Waals surface area contributed by atoms with Gasteiger partial charge >= 0.3 is 0 Å². The van der Waals surface area contributed by atoms with Crippen molar-refractivity contribution >= 4 is 17.7 Å². The molecular formula is C16H22N2OS. The van der Waals surface area contributed by atoms with E-state index < -0.39 is 0 Å². The molecule has 1 fully saturated rings. The second-order valence-corrected chi connectivity index (χ2v) is 6.91. The fourth-order valence-electron chi connectivity index (χ4n) is 3.43. The molecule has 3 rings (SSSR count). The highest BCUT2D eigenvalue weighted by Crippen LogP contribution is 2.37. The molecule has 0 radical (unpaired) electrons. The summed E-state index contributed by atoms with van der Waals surface area (Å²) in [7, 11) is 0. The molecule has 1 aliphatic heterocycles. The Kier molecular flexibility index (Phi) is 4.32. The summed E-state index contributed by atoms with van der Waals surface area (Å²) in [4.78, 5) is 13.8. The molecule has 0 bridgehead atoms. The predicted octanol–water partition coefficient (Wildman–Crippen LogP) is 2.71. The lowest BCUT2D eigenvalue weighted by Gasteiger charge is -2.28. The highest BCUT2D eigenvalue weighted by molar-refractivity contribution is 7.99. The fraction of sp³-hybridized carbons (Fsp3) is 0.562. The highest BCUT2D eigenvalue weighted by atomic mass is 32.2. The van der Waals surface area contributed by atoms with Crippen molar-refractivity contribution in [2.45, 2.75) is 36.6 Å². The van der Waals surface area contributed by atoms with E-state index in [4.69, 9.17) is 5.73 Å². The Morgan fingerprint density at radius 2 is 2.15 bits per heavy atom. The number of thioether (sulfide) groups is 1. The Labute approximate surface area is 124 Å². The van der Waals surface area contributed by atoms with Gasteiger partial charge in [0.05, 0.1) is 6.04 Å². The van der Waals surface area contributed by atoms with Crippen molar-refractivity contribution < 1.29 is 4.79 Å². The van der Waals surface area contributed by atoms with E-state index in [9.17, 15) is 4.79 Å². The van der Waals surface area contributed by atoms with Gasteiger partial charge in [0.15, 0.2) is 0 Å². The zero-order valence-corrected chi connectivity index (χ0v) is 12.5. The maximum Gasteiger partial charge on any atom is 0.223 e. The normalized spacial score (nSPS) is 28.9. The van der Waals surface area contributed by atoms with Crippen molar-refractivity contribution in [1.82, 2.24) is 5.32 Å². The van der Waals surface area contributed by atoms with E-state index in [1.54, 1.807) is 0 Å². The number of benzene rings is 1. The number of hydrogen-bond acceptors (Lipinski definition) is 3. The molecule has 0 spiro atoms. The molecule has 1 aromatic rings. The van der Waals surface area contributed by atoms with Crippen LogP contribution in [-0.4, -0.2) is 18.2 Å². The van der Waals surface area contributed by atoms with Crippen LogP contribution < -0.4 is 11.1 Å². The van der Waals surface area contributed by atoms with Crippen LogP contribution in [0.3, 0.4) is 0 Å². The van der Waals surface area contributed by atoms with Crippen LogP contribution in [0.5, 0.6) is 0 Å². The Bertz CT molecular complexity index is 491. The molecule has 1 saturated carbocycles. The zero-order valence-electron chi connectivity index (χ0n) is 11.7. The maximum absolute atomic E-state index is 12.5. The minimum atomic E-state index is 0.127. The number of amides is 1. The highest BCUT2D eigenvalue weighted by Gasteiger charge is 2.33. The lowest BCUT2D eigenvalue weighted by atomic mass is 9.94. The predicted molar refractivity (Wildman–Crippen MR) is 82.6 cm³/mol. The van der Waals surface area contributed by atoms with Crippen molar-refractivity contribution in [3.8, 4) is 0 Å². The third-order valence-corrected chi connectivity index (χ3v) is 5.70. The number of nitrogens with one attached hydrogen (secondary N) is 1. The van der Waals surface area contributed by atoms with Gasteiger partial charge in [0.25, 0.3) is 0 Å². The standard InChI is InChI=1S/C16H22N2OS/c17-10-11-4-3-6-12(11)16(19)18-14-8-9-20-15-7-2-1-5-13(14)15/h1-2,5,7,11-12,14H,3-4,6,8-10,17H2,(H,18,19). The minimum Gasteiger partial charge on any atom is -0.349 e. The summed E-state index contributed by atoms with van der Waals surface area (Å²) in [6, 6.07) is 8.59. The van der Waals surface area contributed by atoms with Gasteiger partial charge in [-0.05, 0) is 43.4 Å². The molecule has 3 nitrogen and oxygen atoms in total. The first kappa shape index (κ1) is 14.0. The summed E-state index contributed by atoms with van der Waals surface area (Å²) in [5, 5.41) is 3.27. The second-order valence-electron chi connectivity index (χ2n) is 5.77. The molecule has 3 unspecified atom stereocenters. The lowest BCUT2D eigenvalue weighted by molar-refractivity contribution is -0.126. The molecule has 3 atom stereocenters. The summed E-state index contributed by atoms with van der Waals surface area (Å²) in [5.74, 6) is 1.79. The smallest absolute Gasteiger partial charge is 0.223 e. The van der Waals surface area contributed by atoms with Crippen LogP contribution >= 0.6 is 11.8 Å². The van der Waals surface area contributed by atoms with E-state index >= 15 is 0 Å². The Hall–Kier alpha value is -1.00. The number of rotatable bonds is 3. The van der Waals surface area contributed by atoms with E-state index in [1.807, 2.05) is 11.8 Å². The van der Waals surface area contributed by atoms with Gasteiger partial charge in [-0.1, -0.05) is 24.6 Å². The molecule has 108 valence electrons. The van der Waals surface area contributed by atoms with Gasteiger partial charge in [0.2, 0.25) is 5.91 Å². The van der Waals surface area contributed by atoms with Crippen molar-refractivity contribution in [3.05, 3.63) is 29.8 Å². The monoisotopic (exact) mass is 290 g/mol. The molecule has 1 amide bonds. The average molecular weight is 290 g/mol. The van der Waals surface area contributed by atoms with Crippen LogP contribution in [0, 0.1) is 11.8 Å². The molecule has 20 heavy (non-hydrogen) atoms. The van der Waals surface area contributed by atoms with Crippen LogP contribution in [0.2, 0.25) is 0 Å². The second kappa shape index (κ2) is 6.19. The largest absolute Gasteiger partial charge is 0.349 e. The lowest BCUT2D eigenvalue weighted by Crippen LogP contribution is -2.38. The van der Waals surface area contributed by atoms with Crippen molar-refractivity contribution in [2.75, 3.05) is 12.3 Å². The van der Waals surface area contributed by atoms with Gasteiger partial charge < -0.3 is 11.1 Å². The van der Waals surface area contributed by atoms with Gasteiger partial charge in [-0.2, -0.15) is 0 Å². The third-order valence-electron chi connectivity index (χ3n) is 4.57. The Morgan fingerprint density at radius 1 is 1.30 bits per heavy atom. The topological polar surface area (TPSA) is 55.1 Å². The SMILES string of the molecule is NCC1CCCC1C(=O)NC1CCSc2ccccc21. The first-order valence-electron chi connectivity index (χ1n) is 7.51. The van der Waals surface area contributed by atoms with E-state index in [0.717, 1.165) is 31.4 Å². The molecule has 1 aliphatic carbocycles. The van der Waals surface area contributed by atoms with Crippen LogP contribution in [0.4, 0.5) is 0 Å². The summed E-state index contributed by atoms with van der Waals surface area (Å²) in [6.45, 7) is 0.634. The van der Waals surface area contributed by atoms with Crippen LogP contribution in [-0.2, 0) is 4.79 Å². The van der Waals surface area contributed by atoms with Crippen LogP contribution in [0.1, 0.15) is 37.3 Å². The third kappa shape index (κ3) is 2.72. The van der Waals surface area contributed by atoms with E-state index in [0.29, 0.717) is 12.5 Å².